The van der Waals surface area contributed by atoms with E-state index in [4.69, 9.17) is 0 Å². The first-order valence-electron chi connectivity index (χ1n) is 32.8. The van der Waals surface area contributed by atoms with Gasteiger partial charge in [-0.2, -0.15) is 0 Å². The summed E-state index contributed by atoms with van der Waals surface area (Å²) in [6.45, 7) is 13.3. The number of hydrogen-bond donors (Lipinski definition) is 0. The van der Waals surface area contributed by atoms with Gasteiger partial charge < -0.3 is 18.3 Å². The number of fused-ring (bicyclic) bond motifs is 12. The molecule has 18 rings (SSSR count). The van der Waals surface area contributed by atoms with Crippen molar-refractivity contribution in [3.8, 4) is 78.4 Å². The SMILES string of the molecule is Cc1ccc(-n2c3ccccc3c3cc(-c4cc(-c5ccc6c(c5)c5ccccc5n6-c5ccc(C)cc5)c(C)c(-c5cc(-c6ccc7c(c6)c6ccccc6n7-c6ccc(C)cc6)cc(-c6ccc7c(c6)c6ccccc6n7-c6ccc(C)cc6)c5C)c4)ccc32)cc1. The van der Waals surface area contributed by atoms with E-state index in [1.807, 2.05) is 0 Å². The van der Waals surface area contributed by atoms with Gasteiger partial charge in [0.25, 0.3) is 0 Å². The van der Waals surface area contributed by atoms with Gasteiger partial charge >= 0.3 is 0 Å². The molecule has 14 aromatic carbocycles. The van der Waals surface area contributed by atoms with Crippen molar-refractivity contribution in [1.29, 1.82) is 0 Å². The van der Waals surface area contributed by atoms with Gasteiger partial charge in [0.15, 0.2) is 0 Å². The summed E-state index contributed by atoms with van der Waals surface area (Å²) >= 11 is 0. The van der Waals surface area contributed by atoms with Crippen molar-refractivity contribution in [2.24, 2.45) is 0 Å². The Kier molecular flexibility index (Phi) is 12.6. The van der Waals surface area contributed by atoms with Gasteiger partial charge in [-0.1, -0.05) is 168 Å². The molecule has 0 N–H and O–H groups in total. The van der Waals surface area contributed by atoms with Crippen molar-refractivity contribution in [3.63, 3.8) is 0 Å². The largest absolute Gasteiger partial charge is 0.309 e. The molecular weight excluding hydrogens is 1140 g/mol. The zero-order valence-electron chi connectivity index (χ0n) is 53.5. The molecule has 0 aliphatic heterocycles. The number of rotatable bonds is 9. The Labute approximate surface area is 546 Å². The van der Waals surface area contributed by atoms with Crippen LogP contribution in [0.1, 0.15) is 33.4 Å². The summed E-state index contributed by atoms with van der Waals surface area (Å²) in [4.78, 5) is 0. The molecular formula is C90H66N4. The van der Waals surface area contributed by atoms with Crippen molar-refractivity contribution < 1.29 is 0 Å². The Morgan fingerprint density at radius 2 is 0.394 bits per heavy atom. The molecule has 0 saturated carbocycles. The molecule has 0 aliphatic rings. The number of aromatic nitrogens is 4. The van der Waals surface area contributed by atoms with Gasteiger partial charge in [-0.05, 0) is 254 Å². The van der Waals surface area contributed by atoms with Crippen molar-refractivity contribution in [1.82, 2.24) is 18.3 Å². The van der Waals surface area contributed by atoms with Crippen LogP contribution in [0.2, 0.25) is 0 Å². The van der Waals surface area contributed by atoms with Crippen LogP contribution >= 0.6 is 0 Å². The molecule has 0 aliphatic carbocycles. The third-order valence-corrected chi connectivity index (χ3v) is 20.3. The van der Waals surface area contributed by atoms with Gasteiger partial charge in [-0.3, -0.25) is 0 Å². The minimum absolute atomic E-state index is 1.15. The molecule has 4 heterocycles. The van der Waals surface area contributed by atoms with Crippen molar-refractivity contribution in [2.45, 2.75) is 41.5 Å². The average molecular weight is 1200 g/mol. The van der Waals surface area contributed by atoms with Crippen LogP contribution in [0.25, 0.3) is 166 Å². The van der Waals surface area contributed by atoms with Gasteiger partial charge in [0.1, 0.15) is 0 Å². The second-order valence-corrected chi connectivity index (χ2v) is 26.1. The summed E-state index contributed by atoms with van der Waals surface area (Å²) < 4.78 is 9.70. The summed E-state index contributed by atoms with van der Waals surface area (Å²) in [5.41, 5.74) is 33.4. The zero-order valence-corrected chi connectivity index (χ0v) is 53.5. The number of para-hydroxylation sites is 4. The summed E-state index contributed by atoms with van der Waals surface area (Å²) in [6.07, 6.45) is 0. The van der Waals surface area contributed by atoms with E-state index >= 15 is 0 Å². The minimum atomic E-state index is 1.15. The summed E-state index contributed by atoms with van der Waals surface area (Å²) in [5, 5.41) is 9.82. The average Bonchev–Trinajstić information content (AvgIpc) is 1.45. The van der Waals surface area contributed by atoms with E-state index in [2.05, 4.69) is 351 Å². The lowest BCUT2D eigenvalue weighted by atomic mass is 9.83. The van der Waals surface area contributed by atoms with Crippen LogP contribution in [0, 0.1) is 41.5 Å². The Morgan fingerprint density at radius 1 is 0.170 bits per heavy atom. The van der Waals surface area contributed by atoms with Gasteiger partial charge in [0, 0.05) is 65.8 Å². The van der Waals surface area contributed by atoms with Gasteiger partial charge in [0.2, 0.25) is 0 Å². The van der Waals surface area contributed by atoms with Crippen molar-refractivity contribution in [2.75, 3.05) is 0 Å². The van der Waals surface area contributed by atoms with Crippen LogP contribution < -0.4 is 0 Å². The molecule has 0 fully saturated rings. The predicted octanol–water partition coefficient (Wildman–Crippen LogP) is 24.3. The molecule has 94 heavy (non-hydrogen) atoms. The fourth-order valence-corrected chi connectivity index (χ4v) is 15.4. The Bertz CT molecular complexity index is 5740. The molecule has 0 spiro atoms. The second kappa shape index (κ2) is 21.4. The molecule has 0 amide bonds. The highest BCUT2D eigenvalue weighted by Crippen LogP contribution is 2.47. The first-order valence-corrected chi connectivity index (χ1v) is 32.8. The maximum Gasteiger partial charge on any atom is 0.0541 e. The fourth-order valence-electron chi connectivity index (χ4n) is 15.4. The molecule has 4 heteroatoms. The fraction of sp³-hybridized carbons (Fsp3) is 0.0667. The monoisotopic (exact) mass is 1200 g/mol. The van der Waals surface area contributed by atoms with E-state index in [0.29, 0.717) is 0 Å². The highest BCUT2D eigenvalue weighted by molar-refractivity contribution is 6.15. The first-order chi connectivity index (χ1) is 46.1. The lowest BCUT2D eigenvalue weighted by Crippen LogP contribution is -1.97. The summed E-state index contributed by atoms with van der Waals surface area (Å²) in [6, 6.07) is 110. The maximum absolute atomic E-state index is 2.49. The Balaban J connectivity index is 0.901. The van der Waals surface area contributed by atoms with Crippen LogP contribution in [-0.2, 0) is 0 Å². The van der Waals surface area contributed by atoms with Crippen LogP contribution in [0.15, 0.2) is 291 Å². The van der Waals surface area contributed by atoms with Gasteiger partial charge in [-0.15, -0.1) is 0 Å². The van der Waals surface area contributed by atoms with Crippen molar-refractivity contribution >= 4 is 87.2 Å². The topological polar surface area (TPSA) is 19.7 Å². The molecule has 0 atom stereocenters. The third-order valence-electron chi connectivity index (χ3n) is 20.3. The lowest BCUT2D eigenvalue weighted by molar-refractivity contribution is 1.17. The standard InChI is InChI=1S/C90H66N4/c1-55-23-35-67(36-24-55)91-83-19-11-7-15-71(83)79-47-61(31-43-87(79)91)65-51-75(63-33-45-89-81(49-63)73-17-9-13-21-85(73)93(89)69-39-27-57(3)28-40-69)59(5)77(53-65)78-54-66(62-32-44-88-80(48-62)72-16-8-12-20-84(72)92(88)68-37-25-56(2)26-38-68)52-76(60(78)6)64-34-46-90-82(50-64)74-18-10-14-22-86(74)94(90)70-41-29-58(4)30-42-70/h7-54H,1-6H3. The molecule has 0 bridgehead atoms. The van der Waals surface area contributed by atoms with Crippen LogP contribution in [0.4, 0.5) is 0 Å². The van der Waals surface area contributed by atoms with Crippen molar-refractivity contribution in [3.05, 3.63) is 325 Å². The molecule has 4 aromatic heterocycles. The van der Waals surface area contributed by atoms with E-state index in [9.17, 15) is 0 Å². The quantitative estimate of drug-likeness (QED) is 0.137. The zero-order chi connectivity index (χ0) is 63.0. The number of aryl methyl sites for hydroxylation is 4. The highest BCUT2D eigenvalue weighted by atomic mass is 15.0. The van der Waals surface area contributed by atoms with E-state index in [1.165, 1.54) is 165 Å². The Hall–Kier alpha value is -11.7. The number of nitrogens with zero attached hydrogens (tertiary/aromatic N) is 4. The lowest BCUT2D eigenvalue weighted by Gasteiger charge is -2.21. The molecule has 0 radical (unpaired) electrons. The van der Waals surface area contributed by atoms with E-state index < -0.39 is 0 Å². The van der Waals surface area contributed by atoms with Gasteiger partial charge in [-0.25, -0.2) is 0 Å². The van der Waals surface area contributed by atoms with Gasteiger partial charge in [0.05, 0.1) is 44.1 Å². The van der Waals surface area contributed by atoms with E-state index in [1.54, 1.807) is 0 Å². The highest BCUT2D eigenvalue weighted by Gasteiger charge is 2.23. The van der Waals surface area contributed by atoms with E-state index in [-0.39, 0.29) is 0 Å². The van der Waals surface area contributed by atoms with E-state index in [0.717, 1.165) is 33.9 Å². The summed E-state index contributed by atoms with van der Waals surface area (Å²) in [5.74, 6) is 0. The summed E-state index contributed by atoms with van der Waals surface area (Å²) in [7, 11) is 0. The molecule has 18 aromatic rings. The third kappa shape index (κ3) is 8.74. The predicted molar refractivity (Wildman–Crippen MR) is 399 cm³/mol. The molecule has 446 valence electrons. The number of benzene rings is 14. The second-order valence-electron chi connectivity index (χ2n) is 26.1. The van der Waals surface area contributed by atoms with Crippen LogP contribution in [0.5, 0.6) is 0 Å². The molecule has 0 unspecified atom stereocenters. The molecule has 0 saturated heterocycles. The minimum Gasteiger partial charge on any atom is -0.309 e. The molecule has 4 nitrogen and oxygen atoms in total. The Morgan fingerprint density at radius 3 is 0.670 bits per heavy atom. The number of hydrogen-bond acceptors (Lipinski definition) is 0. The van der Waals surface area contributed by atoms with Crippen LogP contribution in [-0.4, -0.2) is 18.3 Å². The smallest absolute Gasteiger partial charge is 0.0541 e. The maximum atomic E-state index is 2.49. The normalized spacial score (nSPS) is 11.9. The van der Waals surface area contributed by atoms with Crippen LogP contribution in [0.3, 0.4) is 0 Å². The first kappa shape index (κ1) is 55.1.